The highest BCUT2D eigenvalue weighted by Gasteiger charge is 2.37. The molecule has 1 aromatic carbocycles. The molecule has 14 heteroatoms. The van der Waals surface area contributed by atoms with Crippen LogP contribution in [0.1, 0.15) is 0 Å². The zero-order chi connectivity index (χ0) is 18.2. The number of nitrogens with two attached hydrogens (primary N) is 1. The Balaban J connectivity index is 2.80. The monoisotopic (exact) mass is 376 g/mol. The lowest BCUT2D eigenvalue weighted by Crippen LogP contribution is -2.30. The molecule has 1 aliphatic heterocycles. The third kappa shape index (κ3) is 2.91. The summed E-state index contributed by atoms with van der Waals surface area (Å²) < 4.78 is 0. The minimum atomic E-state index is -1.00. The van der Waals surface area contributed by atoms with Crippen LogP contribution in [0.25, 0.3) is 0 Å². The Morgan fingerprint density at radius 3 is 1.96 bits per heavy atom. The number of nitrogens with zero attached hydrogens (tertiary/aromatic N) is 5. The van der Waals surface area contributed by atoms with Crippen LogP contribution in [0.15, 0.2) is 28.0 Å². The highest BCUT2D eigenvalue weighted by molar-refractivity contribution is 6.70. The highest BCUT2D eigenvalue weighted by Crippen LogP contribution is 2.43. The molecular weight excluding hydrogens is 371 g/mol. The van der Waals surface area contributed by atoms with Crippen LogP contribution >= 0.6 is 23.2 Å². The number of aliphatic imine (C=N–C) groups is 1. The van der Waals surface area contributed by atoms with Crippen molar-refractivity contribution in [3.05, 3.63) is 53.3 Å². The van der Waals surface area contributed by atoms with Gasteiger partial charge in [0.1, 0.15) is 17.5 Å². The van der Waals surface area contributed by atoms with E-state index >= 15 is 0 Å². The van der Waals surface area contributed by atoms with Crippen molar-refractivity contribution in [2.45, 2.75) is 0 Å². The van der Waals surface area contributed by atoms with Gasteiger partial charge in [0.25, 0.3) is 5.69 Å². The van der Waals surface area contributed by atoms with Crippen molar-refractivity contribution < 1.29 is 14.8 Å². The molecule has 126 valence electrons. The maximum Gasteiger partial charge on any atom is 0.306 e. The molecule has 0 bridgehead atoms. The number of allylic oxidation sites excluding steroid dienone is 1. The fourth-order valence-electron chi connectivity index (χ4n) is 1.93. The average Bonchev–Trinajstić information content (AvgIpc) is 2.51. The van der Waals surface area contributed by atoms with E-state index in [1.54, 1.807) is 0 Å². The van der Waals surface area contributed by atoms with E-state index in [9.17, 15) is 30.3 Å². The third-order valence-corrected chi connectivity index (χ3v) is 3.69. The van der Waals surface area contributed by atoms with Crippen LogP contribution in [-0.4, -0.2) is 26.6 Å². The second kappa shape index (κ2) is 6.25. The highest BCUT2D eigenvalue weighted by atomic mass is 35.5. The molecule has 1 heterocycles. The van der Waals surface area contributed by atoms with Gasteiger partial charge in [-0.15, -0.1) is 0 Å². The second-order valence-corrected chi connectivity index (χ2v) is 5.04. The van der Waals surface area contributed by atoms with Gasteiger partial charge in [0.2, 0.25) is 5.69 Å². The molecule has 1 aliphatic rings. The van der Waals surface area contributed by atoms with Gasteiger partial charge in [0, 0.05) is 0 Å². The zero-order valence-electron chi connectivity index (χ0n) is 11.4. The number of nitro groups is 3. The van der Waals surface area contributed by atoms with Crippen molar-refractivity contribution in [2.24, 2.45) is 10.7 Å². The summed E-state index contributed by atoms with van der Waals surface area (Å²) in [7, 11) is 0. The predicted molar refractivity (Wildman–Crippen MR) is 84.1 cm³/mol. The molecule has 0 atom stereocenters. The van der Waals surface area contributed by atoms with Crippen molar-refractivity contribution in [1.29, 1.82) is 0 Å². The van der Waals surface area contributed by atoms with Crippen LogP contribution in [0.4, 0.5) is 22.7 Å². The number of non-ortho nitro benzene ring substituents is 1. The number of hydrogen-bond donors (Lipinski definition) is 1. The fourth-order valence-corrected chi connectivity index (χ4v) is 2.35. The Bertz CT molecular complexity index is 802. The molecule has 0 aliphatic carbocycles. The summed E-state index contributed by atoms with van der Waals surface area (Å²) in [6.45, 7) is -0.391. The summed E-state index contributed by atoms with van der Waals surface area (Å²) in [4.78, 5) is 35.0. The summed E-state index contributed by atoms with van der Waals surface area (Å²) in [5.74, 6) is 0. The largest absolute Gasteiger partial charge is 0.394 e. The number of benzene rings is 1. The first kappa shape index (κ1) is 17.4. The van der Waals surface area contributed by atoms with Crippen LogP contribution in [-0.2, 0) is 0 Å². The standard InChI is InChI=1S/C10H6Cl2N6O6/c11-9-7(13)10(12)15(3-14-9)8-5(17(21)22)1-4(16(19)20)2-6(8)18(23)24/h1-2H,3,13H2. The van der Waals surface area contributed by atoms with Crippen LogP contribution < -0.4 is 10.6 Å². The summed E-state index contributed by atoms with van der Waals surface area (Å²) >= 11 is 11.6. The Hall–Kier alpha value is -2.99. The summed E-state index contributed by atoms with van der Waals surface area (Å²) in [6.07, 6.45) is 0. The summed E-state index contributed by atoms with van der Waals surface area (Å²) in [5.41, 5.74) is 2.14. The molecule has 12 nitrogen and oxygen atoms in total. The molecule has 2 N–H and O–H groups in total. The van der Waals surface area contributed by atoms with Crippen LogP contribution in [0.3, 0.4) is 0 Å². The zero-order valence-corrected chi connectivity index (χ0v) is 12.9. The van der Waals surface area contributed by atoms with Crippen molar-refractivity contribution in [1.82, 2.24) is 0 Å². The second-order valence-electron chi connectivity index (χ2n) is 4.33. The molecule has 0 aromatic heterocycles. The first-order chi connectivity index (χ1) is 11.1. The van der Waals surface area contributed by atoms with Crippen LogP contribution in [0.2, 0.25) is 0 Å². The third-order valence-electron chi connectivity index (χ3n) is 2.96. The van der Waals surface area contributed by atoms with Crippen molar-refractivity contribution in [3.63, 3.8) is 0 Å². The smallest absolute Gasteiger partial charge is 0.306 e. The van der Waals surface area contributed by atoms with E-state index < -0.39 is 44.2 Å². The van der Waals surface area contributed by atoms with E-state index in [0.717, 1.165) is 4.90 Å². The lowest BCUT2D eigenvalue weighted by atomic mass is 10.2. The molecule has 0 fully saturated rings. The molecule has 0 unspecified atom stereocenters. The fraction of sp³-hybridized carbons (Fsp3) is 0.100. The number of anilines is 1. The minimum absolute atomic E-state index is 0.163. The maximum absolute atomic E-state index is 11.2. The Kier molecular flexibility index (Phi) is 4.52. The Morgan fingerprint density at radius 2 is 1.54 bits per heavy atom. The normalized spacial score (nSPS) is 14.4. The molecule has 0 amide bonds. The minimum Gasteiger partial charge on any atom is -0.394 e. The molecule has 0 saturated carbocycles. The number of rotatable bonds is 4. The van der Waals surface area contributed by atoms with E-state index in [4.69, 9.17) is 28.9 Å². The Morgan fingerprint density at radius 1 is 1.04 bits per heavy atom. The van der Waals surface area contributed by atoms with Gasteiger partial charge in [-0.1, -0.05) is 23.2 Å². The topological polar surface area (TPSA) is 171 Å². The maximum atomic E-state index is 11.2. The number of halogens is 2. The first-order valence-corrected chi connectivity index (χ1v) is 6.65. The van der Waals surface area contributed by atoms with E-state index in [1.165, 1.54) is 0 Å². The van der Waals surface area contributed by atoms with Gasteiger partial charge in [0.05, 0.1) is 26.9 Å². The lowest BCUT2D eigenvalue weighted by Gasteiger charge is -2.25. The van der Waals surface area contributed by atoms with Gasteiger partial charge in [0.15, 0.2) is 5.17 Å². The van der Waals surface area contributed by atoms with Gasteiger partial charge in [-0.3, -0.25) is 35.2 Å². The average molecular weight is 377 g/mol. The first-order valence-electron chi connectivity index (χ1n) is 5.89. The summed E-state index contributed by atoms with van der Waals surface area (Å²) in [6, 6.07) is 1.17. The van der Waals surface area contributed by atoms with E-state index in [2.05, 4.69) is 4.99 Å². The van der Waals surface area contributed by atoms with Crippen molar-refractivity contribution >= 4 is 51.1 Å². The van der Waals surface area contributed by atoms with Gasteiger partial charge in [-0.25, -0.2) is 4.99 Å². The summed E-state index contributed by atoms with van der Waals surface area (Å²) in [5, 5.41) is 32.9. The molecule has 2 rings (SSSR count). The molecule has 0 radical (unpaired) electrons. The van der Waals surface area contributed by atoms with E-state index in [-0.39, 0.29) is 16.0 Å². The van der Waals surface area contributed by atoms with E-state index in [0.29, 0.717) is 12.1 Å². The van der Waals surface area contributed by atoms with Gasteiger partial charge >= 0.3 is 11.4 Å². The van der Waals surface area contributed by atoms with Gasteiger partial charge < -0.3 is 5.73 Å². The predicted octanol–water partition coefficient (Wildman–Crippen LogP) is 2.19. The molecule has 1 aromatic rings. The quantitative estimate of drug-likeness (QED) is 0.472. The number of nitro benzene ring substituents is 3. The van der Waals surface area contributed by atoms with Crippen LogP contribution in [0, 0.1) is 30.3 Å². The van der Waals surface area contributed by atoms with Gasteiger partial charge in [-0.2, -0.15) is 0 Å². The number of hydrogen-bond acceptors (Lipinski definition) is 9. The van der Waals surface area contributed by atoms with E-state index in [1.807, 2.05) is 0 Å². The molecule has 0 saturated heterocycles. The van der Waals surface area contributed by atoms with Crippen LogP contribution in [0.5, 0.6) is 0 Å². The molecule has 24 heavy (non-hydrogen) atoms. The van der Waals surface area contributed by atoms with Gasteiger partial charge in [-0.05, 0) is 0 Å². The Labute approximate surface area is 142 Å². The lowest BCUT2D eigenvalue weighted by molar-refractivity contribution is -0.402. The SMILES string of the molecule is NC1=C(Cl)N(c2c([N+](=O)[O-])cc([N+](=O)[O-])cc2[N+](=O)[O-])CN=C1Cl. The molecular formula is C10H6Cl2N6O6. The van der Waals surface area contributed by atoms with Crippen molar-refractivity contribution in [2.75, 3.05) is 11.6 Å². The van der Waals surface area contributed by atoms with Crippen molar-refractivity contribution in [3.8, 4) is 0 Å². The molecule has 0 spiro atoms.